The molecule has 0 bridgehead atoms. The Kier molecular flexibility index (Phi) is 7.47. The molecule has 0 aromatic heterocycles. The summed E-state index contributed by atoms with van der Waals surface area (Å²) in [7, 11) is 1.66. The van der Waals surface area contributed by atoms with E-state index in [9.17, 15) is 4.79 Å². The summed E-state index contributed by atoms with van der Waals surface area (Å²) in [6.07, 6.45) is 1.72. The molecule has 1 aliphatic rings. The fourth-order valence-electron chi connectivity index (χ4n) is 3.03. The molecule has 150 valence electrons. The van der Waals surface area contributed by atoms with Crippen molar-refractivity contribution in [2.75, 3.05) is 32.1 Å². The molecule has 1 aromatic rings. The Balaban J connectivity index is 1.90. The van der Waals surface area contributed by atoms with Crippen LogP contribution in [0, 0.1) is 5.92 Å². The summed E-state index contributed by atoms with van der Waals surface area (Å²) in [5.74, 6) is 0.647. The van der Waals surface area contributed by atoms with Crippen LogP contribution in [-0.4, -0.2) is 49.3 Å². The number of nitrogens with two attached hydrogens (primary N) is 1. The van der Waals surface area contributed by atoms with E-state index in [0.717, 1.165) is 30.6 Å². The van der Waals surface area contributed by atoms with Crippen LogP contribution in [0.4, 0.5) is 10.5 Å². The van der Waals surface area contributed by atoms with E-state index in [1.807, 2.05) is 45.0 Å². The number of para-hydroxylation sites is 1. The molecule has 1 aromatic carbocycles. The zero-order valence-electron chi connectivity index (χ0n) is 16.8. The number of amides is 1. The minimum Gasteiger partial charge on any atom is -0.444 e. The summed E-state index contributed by atoms with van der Waals surface area (Å²) < 4.78 is 10.7. The molecule has 1 atom stereocenters. The second-order valence-electron chi connectivity index (χ2n) is 7.88. The van der Waals surface area contributed by atoms with Crippen LogP contribution < -0.4 is 11.1 Å². The first kappa shape index (κ1) is 21.0. The average Bonchev–Trinajstić information content (AvgIpc) is 2.61. The molecule has 1 aliphatic heterocycles. The Hall–Kier alpha value is -2.28. The number of hydrogen-bond acceptors (Lipinski definition) is 4. The molecular weight excluding hydrogens is 344 g/mol. The number of nitrogens with one attached hydrogen (secondary N) is 1. The van der Waals surface area contributed by atoms with Crippen molar-refractivity contribution >= 4 is 17.7 Å². The Bertz CT molecular complexity index is 655. The van der Waals surface area contributed by atoms with E-state index in [1.165, 1.54) is 0 Å². The third kappa shape index (κ3) is 7.09. The molecule has 7 nitrogen and oxygen atoms in total. The summed E-state index contributed by atoms with van der Waals surface area (Å²) in [5, 5.41) is 3.14. The highest BCUT2D eigenvalue weighted by molar-refractivity contribution is 5.92. The van der Waals surface area contributed by atoms with Crippen molar-refractivity contribution in [3.63, 3.8) is 0 Å². The third-order valence-corrected chi connectivity index (χ3v) is 4.27. The predicted octanol–water partition coefficient (Wildman–Crippen LogP) is 3.21. The SMILES string of the molecule is COCc1ccccc1NC(N)=NCC1CCCN(C(=O)OC(C)(C)C)C1. The first-order chi connectivity index (χ1) is 12.8. The van der Waals surface area contributed by atoms with E-state index >= 15 is 0 Å². The van der Waals surface area contributed by atoms with Crippen LogP contribution in [0.15, 0.2) is 29.3 Å². The molecule has 1 heterocycles. The van der Waals surface area contributed by atoms with Gasteiger partial charge in [-0.2, -0.15) is 0 Å². The number of guanidine groups is 1. The zero-order chi connectivity index (χ0) is 19.9. The van der Waals surface area contributed by atoms with Crippen LogP contribution in [-0.2, 0) is 16.1 Å². The van der Waals surface area contributed by atoms with Crippen LogP contribution in [0.3, 0.4) is 0 Å². The number of carbonyl (C=O) groups is 1. The Morgan fingerprint density at radius 1 is 1.37 bits per heavy atom. The number of anilines is 1. The lowest BCUT2D eigenvalue weighted by molar-refractivity contribution is 0.0171. The number of benzene rings is 1. The van der Waals surface area contributed by atoms with Gasteiger partial charge >= 0.3 is 6.09 Å². The number of piperidine rings is 1. The second-order valence-corrected chi connectivity index (χ2v) is 7.88. The summed E-state index contributed by atoms with van der Waals surface area (Å²) in [4.78, 5) is 18.5. The minimum atomic E-state index is -0.480. The molecular formula is C20H32N4O3. The molecule has 27 heavy (non-hydrogen) atoms. The highest BCUT2D eigenvalue weighted by atomic mass is 16.6. The van der Waals surface area contributed by atoms with Crippen molar-refractivity contribution in [1.29, 1.82) is 0 Å². The largest absolute Gasteiger partial charge is 0.444 e. The first-order valence-electron chi connectivity index (χ1n) is 9.40. The standard InChI is InChI=1S/C20H32N4O3/c1-20(2,3)27-19(25)24-11-7-8-15(13-24)12-22-18(21)23-17-10-6-5-9-16(17)14-26-4/h5-6,9-10,15H,7-8,11-14H2,1-4H3,(H3,21,22,23). The second kappa shape index (κ2) is 9.60. The van der Waals surface area contributed by atoms with Crippen molar-refractivity contribution in [1.82, 2.24) is 4.90 Å². The number of nitrogens with zero attached hydrogens (tertiary/aromatic N) is 2. The van der Waals surface area contributed by atoms with E-state index in [1.54, 1.807) is 12.0 Å². The number of aliphatic imine (C=N–C) groups is 1. The van der Waals surface area contributed by atoms with Gasteiger partial charge in [-0.25, -0.2) is 4.79 Å². The van der Waals surface area contributed by atoms with Gasteiger partial charge < -0.3 is 25.4 Å². The monoisotopic (exact) mass is 376 g/mol. The van der Waals surface area contributed by atoms with E-state index < -0.39 is 5.60 Å². The molecule has 1 fully saturated rings. The summed E-state index contributed by atoms with van der Waals surface area (Å²) in [5.41, 5.74) is 7.49. The molecule has 0 aliphatic carbocycles. The van der Waals surface area contributed by atoms with Gasteiger partial charge in [0, 0.05) is 38.0 Å². The number of carbonyl (C=O) groups excluding carboxylic acids is 1. The highest BCUT2D eigenvalue weighted by Gasteiger charge is 2.27. The van der Waals surface area contributed by atoms with Crippen molar-refractivity contribution in [3.05, 3.63) is 29.8 Å². The highest BCUT2D eigenvalue weighted by Crippen LogP contribution is 2.20. The van der Waals surface area contributed by atoms with Crippen LogP contribution in [0.25, 0.3) is 0 Å². The van der Waals surface area contributed by atoms with Gasteiger partial charge in [0.05, 0.1) is 6.61 Å². The van der Waals surface area contributed by atoms with E-state index in [-0.39, 0.29) is 12.0 Å². The lowest BCUT2D eigenvalue weighted by Gasteiger charge is -2.33. The van der Waals surface area contributed by atoms with Gasteiger partial charge in [-0.3, -0.25) is 4.99 Å². The predicted molar refractivity (Wildman–Crippen MR) is 108 cm³/mol. The molecule has 1 unspecified atom stereocenters. The van der Waals surface area contributed by atoms with Gasteiger partial charge in [0.25, 0.3) is 0 Å². The number of likely N-dealkylation sites (tertiary alicyclic amines) is 1. The van der Waals surface area contributed by atoms with Crippen LogP contribution in [0.5, 0.6) is 0 Å². The molecule has 0 saturated carbocycles. The minimum absolute atomic E-state index is 0.254. The maximum Gasteiger partial charge on any atom is 0.410 e. The third-order valence-electron chi connectivity index (χ3n) is 4.27. The van der Waals surface area contributed by atoms with Crippen LogP contribution in [0.2, 0.25) is 0 Å². The molecule has 3 N–H and O–H groups in total. The molecule has 1 saturated heterocycles. The smallest absolute Gasteiger partial charge is 0.410 e. The van der Waals surface area contributed by atoms with Crippen LogP contribution >= 0.6 is 0 Å². The molecule has 0 radical (unpaired) electrons. The van der Waals surface area contributed by atoms with Gasteiger partial charge in [0.1, 0.15) is 5.60 Å². The van der Waals surface area contributed by atoms with Crippen LogP contribution in [0.1, 0.15) is 39.2 Å². The lowest BCUT2D eigenvalue weighted by atomic mass is 9.98. The molecule has 2 rings (SSSR count). The number of methoxy groups -OCH3 is 1. The Labute approximate surface area is 161 Å². The molecule has 1 amide bonds. The van der Waals surface area contributed by atoms with Gasteiger partial charge in [0.2, 0.25) is 0 Å². The Morgan fingerprint density at radius 2 is 2.11 bits per heavy atom. The number of hydrogen-bond donors (Lipinski definition) is 2. The molecule has 0 spiro atoms. The van der Waals surface area contributed by atoms with Gasteiger partial charge in [-0.05, 0) is 45.6 Å². The maximum absolute atomic E-state index is 12.3. The average molecular weight is 377 g/mol. The van der Waals surface area contributed by atoms with Crippen molar-refractivity contribution in [2.45, 2.75) is 45.8 Å². The van der Waals surface area contributed by atoms with Gasteiger partial charge in [0.15, 0.2) is 5.96 Å². The van der Waals surface area contributed by atoms with E-state index in [0.29, 0.717) is 25.7 Å². The number of rotatable bonds is 5. The zero-order valence-corrected chi connectivity index (χ0v) is 16.8. The van der Waals surface area contributed by atoms with Crippen molar-refractivity contribution < 1.29 is 14.3 Å². The van der Waals surface area contributed by atoms with E-state index in [4.69, 9.17) is 15.2 Å². The summed E-state index contributed by atoms with van der Waals surface area (Å²) in [6, 6.07) is 7.83. The fourth-order valence-corrected chi connectivity index (χ4v) is 3.03. The quantitative estimate of drug-likeness (QED) is 0.608. The first-order valence-corrected chi connectivity index (χ1v) is 9.40. The normalized spacial score (nSPS) is 18.3. The fraction of sp³-hybridized carbons (Fsp3) is 0.600. The topological polar surface area (TPSA) is 89.2 Å². The summed E-state index contributed by atoms with van der Waals surface area (Å²) in [6.45, 7) is 8.09. The number of ether oxygens (including phenoxy) is 2. The summed E-state index contributed by atoms with van der Waals surface area (Å²) >= 11 is 0. The van der Waals surface area contributed by atoms with Gasteiger partial charge in [-0.15, -0.1) is 0 Å². The lowest BCUT2D eigenvalue weighted by Crippen LogP contribution is -2.43. The molecule has 7 heteroatoms. The maximum atomic E-state index is 12.3. The van der Waals surface area contributed by atoms with Gasteiger partial charge in [-0.1, -0.05) is 18.2 Å². The Morgan fingerprint density at radius 3 is 2.81 bits per heavy atom. The van der Waals surface area contributed by atoms with E-state index in [2.05, 4.69) is 10.3 Å². The van der Waals surface area contributed by atoms with Crippen molar-refractivity contribution in [2.24, 2.45) is 16.6 Å². The van der Waals surface area contributed by atoms with Crippen molar-refractivity contribution in [3.8, 4) is 0 Å².